The van der Waals surface area contributed by atoms with Crippen molar-refractivity contribution in [1.82, 2.24) is 15.0 Å². The number of pyridine rings is 1. The van der Waals surface area contributed by atoms with Gasteiger partial charge in [-0.25, -0.2) is 17.9 Å². The number of urea groups is 1. The smallest absolute Gasteiger partial charge is 0.329 e. The van der Waals surface area contributed by atoms with E-state index in [2.05, 4.69) is 31.0 Å². The summed E-state index contributed by atoms with van der Waals surface area (Å²) in [7, 11) is -4.00. The number of halogens is 1. The number of hydrogen-bond donors (Lipinski definition) is 2. The van der Waals surface area contributed by atoms with Crippen LogP contribution in [-0.2, 0) is 16.4 Å². The van der Waals surface area contributed by atoms with Crippen LogP contribution in [0.15, 0.2) is 82.3 Å². The highest BCUT2D eigenvalue weighted by Crippen LogP contribution is 2.24. The van der Waals surface area contributed by atoms with Crippen LogP contribution in [0.25, 0.3) is 0 Å². The van der Waals surface area contributed by atoms with Crippen LogP contribution in [0.5, 0.6) is 0 Å². The molecule has 150 valence electrons. The van der Waals surface area contributed by atoms with Crippen LogP contribution in [0.2, 0.25) is 0 Å². The summed E-state index contributed by atoms with van der Waals surface area (Å²) in [6, 6.07) is 18.3. The molecule has 3 aromatic rings. The zero-order valence-corrected chi connectivity index (χ0v) is 18.1. The molecule has 3 rings (SSSR count). The lowest BCUT2D eigenvalue weighted by atomic mass is 10.0. The maximum Gasteiger partial charge on any atom is 0.329 e. The minimum Gasteiger partial charge on any atom is -0.329 e. The van der Waals surface area contributed by atoms with Crippen LogP contribution >= 0.6 is 15.9 Å². The van der Waals surface area contributed by atoms with Crippen molar-refractivity contribution in [1.29, 1.82) is 0 Å². The Kier molecular flexibility index (Phi) is 6.66. The SMILES string of the molecule is Cc1ccccc1S(=O)(=O)NC(=O)NC(Cc1ccccc1)c1ncccc1Br. The number of aromatic nitrogens is 1. The molecule has 1 unspecified atom stereocenters. The van der Waals surface area contributed by atoms with Crippen molar-refractivity contribution in [2.45, 2.75) is 24.3 Å². The quantitative estimate of drug-likeness (QED) is 0.563. The van der Waals surface area contributed by atoms with E-state index in [-0.39, 0.29) is 4.90 Å². The van der Waals surface area contributed by atoms with Crippen molar-refractivity contribution >= 4 is 32.0 Å². The van der Waals surface area contributed by atoms with Gasteiger partial charge in [0.25, 0.3) is 10.0 Å². The Bertz CT molecular complexity index is 1100. The van der Waals surface area contributed by atoms with Crippen LogP contribution < -0.4 is 10.0 Å². The molecule has 0 bridgehead atoms. The fraction of sp³-hybridized carbons (Fsp3) is 0.143. The zero-order chi connectivity index (χ0) is 20.9. The Balaban J connectivity index is 1.83. The van der Waals surface area contributed by atoms with Gasteiger partial charge in [0.05, 0.1) is 16.6 Å². The Labute approximate surface area is 178 Å². The molecule has 0 aliphatic carbocycles. The lowest BCUT2D eigenvalue weighted by molar-refractivity contribution is 0.241. The molecule has 0 saturated heterocycles. The molecule has 2 N–H and O–H groups in total. The van der Waals surface area contributed by atoms with Crippen LogP contribution in [0.1, 0.15) is 22.9 Å². The van der Waals surface area contributed by atoms with Gasteiger partial charge in [-0.2, -0.15) is 0 Å². The molecule has 0 radical (unpaired) electrons. The fourth-order valence-electron chi connectivity index (χ4n) is 2.94. The van der Waals surface area contributed by atoms with E-state index in [9.17, 15) is 13.2 Å². The van der Waals surface area contributed by atoms with Gasteiger partial charge in [-0.3, -0.25) is 4.98 Å². The molecule has 6 nitrogen and oxygen atoms in total. The number of nitrogens with one attached hydrogen (secondary N) is 2. The largest absolute Gasteiger partial charge is 0.329 e. The summed E-state index contributed by atoms with van der Waals surface area (Å²) in [5.41, 5.74) is 2.15. The fourth-order valence-corrected chi connectivity index (χ4v) is 4.64. The van der Waals surface area contributed by atoms with E-state index in [1.165, 1.54) is 6.07 Å². The highest BCUT2D eigenvalue weighted by Gasteiger charge is 2.23. The standard InChI is InChI=1S/C21H20BrN3O3S/c1-15-8-5-6-12-19(15)29(27,28)25-21(26)24-18(14-16-9-3-2-4-10-16)20-17(22)11-7-13-23-20/h2-13,18H,14H2,1H3,(H2,24,25,26). The molecule has 2 aromatic carbocycles. The van der Waals surface area contributed by atoms with E-state index in [1.807, 2.05) is 36.4 Å². The van der Waals surface area contributed by atoms with Gasteiger partial charge in [0.1, 0.15) is 0 Å². The second-order valence-electron chi connectivity index (χ2n) is 6.46. The number of sulfonamides is 1. The third-order valence-corrected chi connectivity index (χ3v) is 6.48. The second kappa shape index (κ2) is 9.19. The molecule has 2 amide bonds. The van der Waals surface area contributed by atoms with Gasteiger partial charge in [-0.1, -0.05) is 48.5 Å². The van der Waals surface area contributed by atoms with Gasteiger partial charge in [-0.05, 0) is 58.6 Å². The third kappa shape index (κ3) is 5.42. The van der Waals surface area contributed by atoms with E-state index in [4.69, 9.17) is 0 Å². The highest BCUT2D eigenvalue weighted by atomic mass is 79.9. The molecule has 1 atom stereocenters. The normalized spacial score (nSPS) is 12.2. The van der Waals surface area contributed by atoms with Crippen molar-refractivity contribution in [2.24, 2.45) is 0 Å². The van der Waals surface area contributed by atoms with E-state index < -0.39 is 22.1 Å². The van der Waals surface area contributed by atoms with Gasteiger partial charge in [0, 0.05) is 10.7 Å². The molecular formula is C21H20BrN3O3S. The first-order valence-corrected chi connectivity index (χ1v) is 11.2. The topological polar surface area (TPSA) is 88.2 Å². The Morgan fingerprint density at radius 3 is 2.41 bits per heavy atom. The number of amides is 2. The predicted molar refractivity (Wildman–Crippen MR) is 115 cm³/mol. The van der Waals surface area contributed by atoms with Crippen molar-refractivity contribution in [2.75, 3.05) is 0 Å². The number of rotatable bonds is 6. The van der Waals surface area contributed by atoms with Crippen LogP contribution in [0.4, 0.5) is 4.79 Å². The maximum absolute atomic E-state index is 12.6. The lowest BCUT2D eigenvalue weighted by Gasteiger charge is -2.20. The van der Waals surface area contributed by atoms with E-state index in [0.29, 0.717) is 17.7 Å². The molecule has 0 fully saturated rings. The summed E-state index contributed by atoms with van der Waals surface area (Å²) in [4.78, 5) is 17.0. The molecule has 8 heteroatoms. The van der Waals surface area contributed by atoms with Crippen molar-refractivity contribution in [3.05, 3.63) is 94.2 Å². The van der Waals surface area contributed by atoms with E-state index in [0.717, 1.165) is 10.0 Å². The summed E-state index contributed by atoms with van der Waals surface area (Å²) in [6.07, 6.45) is 2.08. The first-order chi connectivity index (χ1) is 13.9. The predicted octanol–water partition coefficient (Wildman–Crippen LogP) is 4.12. The molecule has 1 heterocycles. The van der Waals surface area contributed by atoms with Gasteiger partial charge in [0.15, 0.2) is 0 Å². The van der Waals surface area contributed by atoms with Crippen LogP contribution in [0, 0.1) is 6.92 Å². The van der Waals surface area contributed by atoms with Crippen molar-refractivity contribution in [3.63, 3.8) is 0 Å². The lowest BCUT2D eigenvalue weighted by Crippen LogP contribution is -2.42. The molecular weight excluding hydrogens is 454 g/mol. The minimum absolute atomic E-state index is 0.0637. The van der Waals surface area contributed by atoms with Crippen LogP contribution in [0.3, 0.4) is 0 Å². The van der Waals surface area contributed by atoms with Crippen molar-refractivity contribution < 1.29 is 13.2 Å². The van der Waals surface area contributed by atoms with Crippen LogP contribution in [-0.4, -0.2) is 19.4 Å². The Morgan fingerprint density at radius 2 is 1.72 bits per heavy atom. The summed E-state index contributed by atoms with van der Waals surface area (Å²) in [5.74, 6) is 0. The Hall–Kier alpha value is -2.71. The molecule has 1 aromatic heterocycles. The summed E-state index contributed by atoms with van der Waals surface area (Å²) >= 11 is 3.46. The van der Waals surface area contributed by atoms with Gasteiger partial charge < -0.3 is 5.32 Å². The zero-order valence-electron chi connectivity index (χ0n) is 15.7. The monoisotopic (exact) mass is 473 g/mol. The first kappa shape index (κ1) is 21.0. The van der Waals surface area contributed by atoms with E-state index >= 15 is 0 Å². The molecule has 0 aliphatic rings. The van der Waals surface area contributed by atoms with E-state index in [1.54, 1.807) is 37.4 Å². The van der Waals surface area contributed by atoms with Gasteiger partial charge >= 0.3 is 6.03 Å². The van der Waals surface area contributed by atoms with Gasteiger partial charge in [0.2, 0.25) is 0 Å². The molecule has 0 spiro atoms. The third-order valence-electron chi connectivity index (χ3n) is 4.32. The minimum atomic E-state index is -4.00. The summed E-state index contributed by atoms with van der Waals surface area (Å²) in [5, 5.41) is 2.75. The first-order valence-electron chi connectivity index (χ1n) is 8.90. The number of aryl methyl sites for hydroxylation is 1. The maximum atomic E-state index is 12.6. The Morgan fingerprint density at radius 1 is 1.03 bits per heavy atom. The number of carbonyl (C=O) groups is 1. The van der Waals surface area contributed by atoms with Gasteiger partial charge in [-0.15, -0.1) is 0 Å². The molecule has 0 saturated carbocycles. The molecule has 29 heavy (non-hydrogen) atoms. The second-order valence-corrected chi connectivity index (χ2v) is 8.96. The highest BCUT2D eigenvalue weighted by molar-refractivity contribution is 9.10. The summed E-state index contributed by atoms with van der Waals surface area (Å²) in [6.45, 7) is 1.68. The number of carbonyl (C=O) groups excluding carboxylic acids is 1. The average molecular weight is 474 g/mol. The van der Waals surface area contributed by atoms with Crippen molar-refractivity contribution in [3.8, 4) is 0 Å². The summed E-state index contributed by atoms with van der Waals surface area (Å²) < 4.78 is 28.0. The number of benzene rings is 2. The average Bonchev–Trinajstić information content (AvgIpc) is 2.68. The number of nitrogens with zero attached hydrogens (tertiary/aromatic N) is 1. The number of hydrogen-bond acceptors (Lipinski definition) is 4. The molecule has 0 aliphatic heterocycles.